The van der Waals surface area contributed by atoms with Gasteiger partial charge in [0.15, 0.2) is 0 Å². The molecule has 3 atom stereocenters. The van der Waals surface area contributed by atoms with E-state index in [1.54, 1.807) is 0 Å². The van der Waals surface area contributed by atoms with Gasteiger partial charge in [-0.15, -0.1) is 0 Å². The van der Waals surface area contributed by atoms with Crippen molar-refractivity contribution < 1.29 is 37.3 Å². The van der Waals surface area contributed by atoms with Crippen LogP contribution in [0.2, 0.25) is 0 Å². The fraction of sp³-hybridized carbons (Fsp3) is 0.803. The molecule has 10 heteroatoms. The van der Waals surface area contributed by atoms with E-state index in [9.17, 15) is 19.0 Å². The molecule has 0 aromatic heterocycles. The molecule has 0 saturated carbocycles. The summed E-state index contributed by atoms with van der Waals surface area (Å²) in [6, 6.07) is -0.858. The zero-order valence-corrected chi connectivity index (χ0v) is 54.9. The van der Waals surface area contributed by atoms with E-state index in [1.807, 2.05) is 33.3 Å². The minimum absolute atomic E-state index is 0.0360. The smallest absolute Gasteiger partial charge is 0.456 e. The van der Waals surface area contributed by atoms with E-state index in [-0.39, 0.29) is 31.5 Å². The number of esters is 1. The van der Waals surface area contributed by atoms with Crippen LogP contribution in [0.25, 0.3) is 0 Å². The van der Waals surface area contributed by atoms with Crippen LogP contribution in [0.15, 0.2) is 72.9 Å². The number of rotatable bonds is 62. The average molecular weight is 1160 g/mol. The Morgan fingerprint density at radius 1 is 0.444 bits per heavy atom. The molecule has 0 heterocycles. The summed E-state index contributed by atoms with van der Waals surface area (Å²) < 4.78 is 30.8. The van der Waals surface area contributed by atoms with Gasteiger partial charge in [0, 0.05) is 12.8 Å². The molecule has 0 radical (unpaired) electrons. The van der Waals surface area contributed by atoms with Crippen molar-refractivity contribution in [2.45, 2.75) is 328 Å². The Balaban J connectivity index is 5.10. The summed E-state index contributed by atoms with van der Waals surface area (Å²) >= 11 is 0. The summed E-state index contributed by atoms with van der Waals surface area (Å²) in [5, 5.41) is 3.06. The first-order chi connectivity index (χ1) is 39.4. The maximum absolute atomic E-state index is 13.6. The van der Waals surface area contributed by atoms with Gasteiger partial charge in [-0.05, 0) is 76.7 Å². The van der Waals surface area contributed by atoms with Gasteiger partial charge < -0.3 is 19.4 Å². The number of allylic oxidation sites excluding steroid dienone is 11. The summed E-state index contributed by atoms with van der Waals surface area (Å²) in [7, 11) is 1.49. The lowest BCUT2D eigenvalue weighted by molar-refractivity contribution is -0.870. The summed E-state index contributed by atoms with van der Waals surface area (Å²) in [4.78, 5) is 37.8. The van der Waals surface area contributed by atoms with Gasteiger partial charge in [0.05, 0.1) is 33.8 Å². The lowest BCUT2D eigenvalue weighted by atomic mass is 10.0. The largest absolute Gasteiger partial charge is 0.472 e. The summed E-state index contributed by atoms with van der Waals surface area (Å²) in [5.41, 5.74) is 0. The van der Waals surface area contributed by atoms with Crippen LogP contribution in [0.1, 0.15) is 316 Å². The lowest BCUT2D eigenvalue weighted by Crippen LogP contribution is -2.47. The zero-order chi connectivity index (χ0) is 59.3. The number of likely N-dealkylation sites (N-methyl/N-ethyl adjacent to an activating group) is 1. The van der Waals surface area contributed by atoms with Crippen LogP contribution < -0.4 is 5.32 Å². The number of quaternary nitrogens is 1. The van der Waals surface area contributed by atoms with Crippen molar-refractivity contribution in [2.75, 3.05) is 40.9 Å². The highest BCUT2D eigenvalue weighted by molar-refractivity contribution is 7.47. The molecule has 0 aliphatic rings. The SMILES string of the molecule is CC/C=C\C/C=C\C/C=C\C/C=C\C/C=C\CCCCCCCC(=O)OC(/C=C/CCCCCCCCCCC)C(COP(=O)(O)OCC[N+](C)(C)C)NC(=O)CCCCCCCCCCCCCCCCCCCCCCCCC. The number of ether oxygens (including phenoxy) is 1. The number of hydrogen-bond donors (Lipinski definition) is 2. The molecular weight excluding hydrogens is 1020 g/mol. The Kier molecular flexibility index (Phi) is 58.7. The van der Waals surface area contributed by atoms with Crippen molar-refractivity contribution in [3.05, 3.63) is 72.9 Å². The maximum atomic E-state index is 13.6. The summed E-state index contributed by atoms with van der Waals surface area (Å²) in [6.45, 7) is 6.92. The Bertz CT molecular complexity index is 1620. The van der Waals surface area contributed by atoms with Crippen molar-refractivity contribution in [3.63, 3.8) is 0 Å². The Hall–Kier alpha value is -2.55. The minimum Gasteiger partial charge on any atom is -0.456 e. The third-order valence-electron chi connectivity index (χ3n) is 15.2. The maximum Gasteiger partial charge on any atom is 0.472 e. The number of phosphoric ester groups is 1. The van der Waals surface area contributed by atoms with Gasteiger partial charge in [0.2, 0.25) is 5.91 Å². The fourth-order valence-corrected chi connectivity index (χ4v) is 10.6. The van der Waals surface area contributed by atoms with Crippen LogP contribution >= 0.6 is 7.82 Å². The van der Waals surface area contributed by atoms with E-state index >= 15 is 0 Å². The van der Waals surface area contributed by atoms with E-state index in [4.69, 9.17) is 13.8 Å². The number of amides is 1. The monoisotopic (exact) mass is 1160 g/mol. The normalized spacial score (nSPS) is 14.0. The number of nitrogens with zero attached hydrogens (tertiary/aromatic N) is 1. The number of phosphoric acid groups is 1. The van der Waals surface area contributed by atoms with Crippen LogP contribution in [-0.2, 0) is 27.9 Å². The standard InChI is InChI=1S/C71H131N2O7P/c1-7-10-13-16-19-22-25-27-29-31-33-35-36-38-39-41-43-45-48-51-54-57-60-63-70(74)72-68(67-79-81(76,77)78-66-65-73(4,5)6)69(62-59-56-53-50-47-24-21-18-15-12-9-3)80-71(75)64-61-58-55-52-49-46-44-42-40-37-34-32-30-28-26-23-20-17-14-11-8-2/h11,14,20,23,28,30,34,37,42,44,59,62,68-69H,7-10,12-13,15-19,21-22,24-27,29,31-33,35-36,38-41,43,45-58,60-61,63-67H2,1-6H3,(H-,72,74,76,77)/p+1/b14-11-,23-20-,30-28-,37-34-,44-42-,62-59+. The molecule has 0 rings (SSSR count). The predicted octanol–water partition coefficient (Wildman–Crippen LogP) is 21.6. The predicted molar refractivity (Wildman–Crippen MR) is 351 cm³/mol. The molecule has 0 bridgehead atoms. The topological polar surface area (TPSA) is 111 Å². The Labute approximate surface area is 502 Å². The Morgan fingerprint density at radius 2 is 0.790 bits per heavy atom. The molecule has 2 N–H and O–H groups in total. The summed E-state index contributed by atoms with van der Waals surface area (Å²) in [6.07, 6.45) is 79.1. The van der Waals surface area contributed by atoms with E-state index in [0.29, 0.717) is 23.9 Å². The van der Waals surface area contributed by atoms with Crippen molar-refractivity contribution in [3.8, 4) is 0 Å². The first-order valence-electron chi connectivity index (χ1n) is 34.3. The molecule has 81 heavy (non-hydrogen) atoms. The van der Waals surface area contributed by atoms with Crippen molar-refractivity contribution in [1.82, 2.24) is 5.32 Å². The number of nitrogens with one attached hydrogen (secondary N) is 1. The molecule has 0 saturated heterocycles. The van der Waals surface area contributed by atoms with Gasteiger partial charge in [-0.1, -0.05) is 299 Å². The first-order valence-corrected chi connectivity index (χ1v) is 35.8. The van der Waals surface area contributed by atoms with E-state index in [1.165, 1.54) is 173 Å². The third-order valence-corrected chi connectivity index (χ3v) is 16.1. The molecule has 0 spiro atoms. The quantitative estimate of drug-likeness (QED) is 0.0205. The molecule has 1 amide bonds. The van der Waals surface area contributed by atoms with E-state index in [2.05, 4.69) is 86.8 Å². The van der Waals surface area contributed by atoms with Gasteiger partial charge in [-0.2, -0.15) is 0 Å². The molecular formula is C71H132N2O7P+. The van der Waals surface area contributed by atoms with Crippen LogP contribution in [-0.4, -0.2) is 74.3 Å². The third kappa shape index (κ3) is 61.8. The van der Waals surface area contributed by atoms with Crippen molar-refractivity contribution in [2.24, 2.45) is 0 Å². The number of carbonyl (C=O) groups excluding carboxylic acids is 2. The van der Waals surface area contributed by atoms with Gasteiger partial charge in [-0.25, -0.2) is 4.57 Å². The highest BCUT2D eigenvalue weighted by atomic mass is 31.2. The van der Waals surface area contributed by atoms with Crippen molar-refractivity contribution >= 4 is 19.7 Å². The molecule has 0 aliphatic carbocycles. The van der Waals surface area contributed by atoms with Gasteiger partial charge in [-0.3, -0.25) is 18.6 Å². The highest BCUT2D eigenvalue weighted by Gasteiger charge is 2.30. The lowest BCUT2D eigenvalue weighted by Gasteiger charge is -2.27. The van der Waals surface area contributed by atoms with Crippen LogP contribution in [0.4, 0.5) is 0 Å². The number of carbonyl (C=O) groups is 2. The van der Waals surface area contributed by atoms with Gasteiger partial charge >= 0.3 is 13.8 Å². The van der Waals surface area contributed by atoms with Gasteiger partial charge in [0.1, 0.15) is 19.3 Å². The van der Waals surface area contributed by atoms with Crippen LogP contribution in [0, 0.1) is 0 Å². The molecule has 9 nitrogen and oxygen atoms in total. The number of unbranched alkanes of at least 4 members (excludes halogenated alkanes) is 36. The summed E-state index contributed by atoms with van der Waals surface area (Å²) in [5.74, 6) is -0.518. The molecule has 3 unspecified atom stereocenters. The van der Waals surface area contributed by atoms with Crippen LogP contribution in [0.3, 0.4) is 0 Å². The average Bonchev–Trinajstić information content (AvgIpc) is 3.43. The van der Waals surface area contributed by atoms with Gasteiger partial charge in [0.25, 0.3) is 0 Å². The number of hydrogen-bond acceptors (Lipinski definition) is 6. The van der Waals surface area contributed by atoms with E-state index in [0.717, 1.165) is 103 Å². The fourth-order valence-electron chi connectivity index (χ4n) is 9.91. The minimum atomic E-state index is -4.46. The Morgan fingerprint density at radius 3 is 1.19 bits per heavy atom. The molecule has 0 aromatic carbocycles. The van der Waals surface area contributed by atoms with Crippen LogP contribution in [0.5, 0.6) is 0 Å². The highest BCUT2D eigenvalue weighted by Crippen LogP contribution is 2.43. The van der Waals surface area contributed by atoms with Crippen molar-refractivity contribution in [1.29, 1.82) is 0 Å². The second kappa shape index (κ2) is 60.6. The first kappa shape index (κ1) is 78.5. The molecule has 0 aromatic rings. The second-order valence-electron chi connectivity index (χ2n) is 24.3. The zero-order valence-electron chi connectivity index (χ0n) is 54.0. The van der Waals surface area contributed by atoms with E-state index < -0.39 is 20.0 Å². The second-order valence-corrected chi connectivity index (χ2v) is 25.8. The molecule has 0 fully saturated rings. The molecule has 0 aliphatic heterocycles. The molecule has 472 valence electrons.